The molecule has 0 radical (unpaired) electrons. The van der Waals surface area contributed by atoms with E-state index in [0.29, 0.717) is 36.0 Å². The summed E-state index contributed by atoms with van der Waals surface area (Å²) in [6.45, 7) is 3.37. The first-order valence-corrected chi connectivity index (χ1v) is 10.7. The molecule has 0 spiro atoms. The van der Waals surface area contributed by atoms with Gasteiger partial charge in [0.15, 0.2) is 0 Å². The van der Waals surface area contributed by atoms with E-state index < -0.39 is 0 Å². The first-order valence-electron chi connectivity index (χ1n) is 10.3. The van der Waals surface area contributed by atoms with Crippen LogP contribution in [0.2, 0.25) is 5.02 Å². The van der Waals surface area contributed by atoms with Crippen LogP contribution in [0, 0.1) is 0 Å². The van der Waals surface area contributed by atoms with Crippen LogP contribution in [0.4, 0.5) is 5.69 Å². The zero-order valence-electron chi connectivity index (χ0n) is 17.5. The minimum Gasteiger partial charge on any atom is -0.497 e. The lowest BCUT2D eigenvalue weighted by Crippen LogP contribution is -2.48. The van der Waals surface area contributed by atoms with Gasteiger partial charge in [-0.3, -0.25) is 4.79 Å². The van der Waals surface area contributed by atoms with Gasteiger partial charge in [-0.1, -0.05) is 29.8 Å². The van der Waals surface area contributed by atoms with E-state index in [2.05, 4.69) is 17.0 Å². The Labute approximate surface area is 187 Å². The summed E-state index contributed by atoms with van der Waals surface area (Å²) in [4.78, 5) is 17.1. The number of methoxy groups -OCH3 is 1. The molecule has 6 heteroatoms. The van der Waals surface area contributed by atoms with E-state index in [-0.39, 0.29) is 5.91 Å². The number of carbonyl (C=O) groups is 1. The molecule has 0 atom stereocenters. The lowest BCUT2D eigenvalue weighted by molar-refractivity contribution is 0.0746. The van der Waals surface area contributed by atoms with Crippen molar-refractivity contribution in [3.05, 3.63) is 88.9 Å². The largest absolute Gasteiger partial charge is 0.497 e. The molecule has 0 saturated carbocycles. The Morgan fingerprint density at radius 2 is 1.52 bits per heavy atom. The molecule has 0 aromatic heterocycles. The highest BCUT2D eigenvalue weighted by Crippen LogP contribution is 2.22. The number of hydrogen-bond donors (Lipinski definition) is 0. The van der Waals surface area contributed by atoms with E-state index in [1.54, 1.807) is 7.11 Å². The lowest BCUT2D eigenvalue weighted by Gasteiger charge is -2.36. The molecule has 4 rings (SSSR count). The van der Waals surface area contributed by atoms with Crippen molar-refractivity contribution in [3.63, 3.8) is 0 Å². The Balaban J connectivity index is 1.31. The third-order valence-corrected chi connectivity index (χ3v) is 5.83. The van der Waals surface area contributed by atoms with E-state index >= 15 is 0 Å². The lowest BCUT2D eigenvalue weighted by atomic mass is 10.1. The number of halogens is 1. The summed E-state index contributed by atoms with van der Waals surface area (Å²) in [7, 11) is 1.66. The zero-order valence-corrected chi connectivity index (χ0v) is 18.2. The molecule has 1 aliphatic rings. The van der Waals surface area contributed by atoms with Crippen molar-refractivity contribution in [1.82, 2.24) is 4.90 Å². The quantitative estimate of drug-likeness (QED) is 0.551. The zero-order chi connectivity index (χ0) is 21.6. The Morgan fingerprint density at radius 3 is 2.16 bits per heavy atom. The standard InChI is InChI=1S/C25H25ClN2O3/c1-30-22-12-8-21(9-13-22)27-14-16-28(17-15-27)25(29)19-6-10-23(11-7-19)31-18-20-4-2-3-5-24(20)26/h2-13H,14-18H2,1H3. The molecule has 1 heterocycles. The van der Waals surface area contributed by atoms with Gasteiger partial charge in [-0.05, 0) is 54.6 Å². The third-order valence-electron chi connectivity index (χ3n) is 5.46. The van der Waals surface area contributed by atoms with E-state index in [0.717, 1.165) is 30.1 Å². The number of carbonyl (C=O) groups excluding carboxylic acids is 1. The number of ether oxygens (including phenoxy) is 2. The van der Waals surface area contributed by atoms with Crippen molar-refractivity contribution < 1.29 is 14.3 Å². The van der Waals surface area contributed by atoms with Gasteiger partial charge in [0, 0.05) is 48.0 Å². The molecule has 5 nitrogen and oxygen atoms in total. The van der Waals surface area contributed by atoms with Gasteiger partial charge in [-0.2, -0.15) is 0 Å². The van der Waals surface area contributed by atoms with Crippen molar-refractivity contribution in [2.24, 2.45) is 0 Å². The second kappa shape index (κ2) is 9.75. The maximum atomic E-state index is 12.9. The van der Waals surface area contributed by atoms with Crippen LogP contribution in [-0.2, 0) is 6.61 Å². The molecular weight excluding hydrogens is 412 g/mol. The summed E-state index contributed by atoms with van der Waals surface area (Å²) in [5, 5.41) is 0.683. The molecule has 31 heavy (non-hydrogen) atoms. The molecule has 1 amide bonds. The molecule has 160 valence electrons. The van der Waals surface area contributed by atoms with Gasteiger partial charge in [0.1, 0.15) is 18.1 Å². The van der Waals surface area contributed by atoms with E-state index in [9.17, 15) is 4.79 Å². The highest BCUT2D eigenvalue weighted by atomic mass is 35.5. The third kappa shape index (κ3) is 5.12. The Morgan fingerprint density at radius 1 is 0.871 bits per heavy atom. The molecule has 1 aliphatic heterocycles. The van der Waals surface area contributed by atoms with Crippen LogP contribution in [0.25, 0.3) is 0 Å². The molecule has 3 aromatic rings. The maximum Gasteiger partial charge on any atom is 0.253 e. The monoisotopic (exact) mass is 436 g/mol. The molecule has 1 saturated heterocycles. The van der Waals surface area contributed by atoms with Gasteiger partial charge in [0.2, 0.25) is 0 Å². The minimum absolute atomic E-state index is 0.0482. The maximum absolute atomic E-state index is 12.9. The Hall–Kier alpha value is -3.18. The number of anilines is 1. The van der Waals surface area contributed by atoms with Gasteiger partial charge >= 0.3 is 0 Å². The van der Waals surface area contributed by atoms with Gasteiger partial charge in [-0.15, -0.1) is 0 Å². The predicted octanol–water partition coefficient (Wildman–Crippen LogP) is 4.89. The van der Waals surface area contributed by atoms with Crippen LogP contribution >= 0.6 is 11.6 Å². The average molecular weight is 437 g/mol. The summed E-state index contributed by atoms with van der Waals surface area (Å²) in [5.41, 5.74) is 2.75. The number of hydrogen-bond acceptors (Lipinski definition) is 4. The normalized spacial score (nSPS) is 13.7. The summed E-state index contributed by atoms with van der Waals surface area (Å²) in [6.07, 6.45) is 0. The van der Waals surface area contributed by atoms with Gasteiger partial charge in [0.05, 0.1) is 7.11 Å². The fraction of sp³-hybridized carbons (Fsp3) is 0.240. The van der Waals surface area contributed by atoms with Crippen molar-refractivity contribution in [3.8, 4) is 11.5 Å². The highest BCUT2D eigenvalue weighted by Gasteiger charge is 2.22. The molecule has 1 fully saturated rings. The summed E-state index contributed by atoms with van der Waals surface area (Å²) >= 11 is 6.17. The number of amides is 1. The Kier molecular flexibility index (Phi) is 6.63. The number of piperazine rings is 1. The highest BCUT2D eigenvalue weighted by molar-refractivity contribution is 6.31. The van der Waals surface area contributed by atoms with Crippen LogP contribution < -0.4 is 14.4 Å². The fourth-order valence-corrected chi connectivity index (χ4v) is 3.80. The first-order chi connectivity index (χ1) is 15.1. The number of benzene rings is 3. The van der Waals surface area contributed by atoms with Crippen molar-refractivity contribution >= 4 is 23.2 Å². The predicted molar refractivity (Wildman–Crippen MR) is 123 cm³/mol. The van der Waals surface area contributed by atoms with E-state index in [4.69, 9.17) is 21.1 Å². The summed E-state index contributed by atoms with van der Waals surface area (Å²) in [5.74, 6) is 1.60. The molecule has 0 aliphatic carbocycles. The molecule has 3 aromatic carbocycles. The molecule has 0 unspecified atom stereocenters. The topological polar surface area (TPSA) is 42.0 Å². The van der Waals surface area contributed by atoms with E-state index in [1.165, 1.54) is 0 Å². The van der Waals surface area contributed by atoms with Gasteiger partial charge in [0.25, 0.3) is 5.91 Å². The average Bonchev–Trinajstić information content (AvgIpc) is 2.84. The number of nitrogens with zero attached hydrogens (tertiary/aromatic N) is 2. The molecule has 0 N–H and O–H groups in total. The molecular formula is C25H25ClN2O3. The second-order valence-corrected chi connectivity index (χ2v) is 7.79. The van der Waals surface area contributed by atoms with Gasteiger partial charge < -0.3 is 19.3 Å². The fourth-order valence-electron chi connectivity index (χ4n) is 3.61. The Bertz CT molecular complexity index is 1010. The van der Waals surface area contributed by atoms with Crippen LogP contribution in [0.15, 0.2) is 72.8 Å². The van der Waals surface area contributed by atoms with Crippen LogP contribution in [-0.4, -0.2) is 44.1 Å². The molecule has 0 bridgehead atoms. The minimum atomic E-state index is 0.0482. The summed E-state index contributed by atoms with van der Waals surface area (Å²) in [6, 6.07) is 22.9. The number of rotatable bonds is 6. The van der Waals surface area contributed by atoms with E-state index in [1.807, 2.05) is 65.6 Å². The van der Waals surface area contributed by atoms with Gasteiger partial charge in [-0.25, -0.2) is 0 Å². The van der Waals surface area contributed by atoms with Crippen LogP contribution in [0.1, 0.15) is 15.9 Å². The first kappa shape index (κ1) is 21.1. The van der Waals surface area contributed by atoms with Crippen molar-refractivity contribution in [2.75, 3.05) is 38.2 Å². The SMILES string of the molecule is COc1ccc(N2CCN(C(=O)c3ccc(OCc4ccccc4Cl)cc3)CC2)cc1. The summed E-state index contributed by atoms with van der Waals surface area (Å²) < 4.78 is 11.0. The van der Waals surface area contributed by atoms with Crippen LogP contribution in [0.5, 0.6) is 11.5 Å². The second-order valence-electron chi connectivity index (χ2n) is 7.38. The van der Waals surface area contributed by atoms with Crippen molar-refractivity contribution in [2.45, 2.75) is 6.61 Å². The van der Waals surface area contributed by atoms with Crippen LogP contribution in [0.3, 0.4) is 0 Å². The smallest absolute Gasteiger partial charge is 0.253 e. The van der Waals surface area contributed by atoms with Crippen molar-refractivity contribution in [1.29, 1.82) is 0 Å².